The summed E-state index contributed by atoms with van der Waals surface area (Å²) in [4.78, 5) is 14.4. The fourth-order valence-electron chi connectivity index (χ4n) is 2.90. The van der Waals surface area contributed by atoms with Crippen molar-refractivity contribution in [2.45, 2.75) is 32.2 Å². The molecule has 2 aliphatic heterocycles. The van der Waals surface area contributed by atoms with E-state index in [-0.39, 0.29) is 5.91 Å². The fraction of sp³-hybridized carbons (Fsp3) is 0.750. The number of amides is 1. The van der Waals surface area contributed by atoms with E-state index in [9.17, 15) is 4.79 Å². The molecule has 6 heteroatoms. The predicted molar refractivity (Wildman–Crippen MR) is 69.7 cm³/mol. The number of carbonyl (C=O) groups is 1. The molecule has 0 radical (unpaired) electrons. The number of hydrogen-bond donors (Lipinski definition) is 1. The van der Waals surface area contributed by atoms with Crippen LogP contribution < -0.4 is 5.32 Å². The second-order valence-corrected chi connectivity index (χ2v) is 5.84. The third-order valence-electron chi connectivity index (χ3n) is 3.92. The van der Waals surface area contributed by atoms with Gasteiger partial charge in [-0.15, -0.1) is 0 Å². The lowest BCUT2D eigenvalue weighted by molar-refractivity contribution is 0.0715. The Balaban J connectivity index is 1.80. The maximum absolute atomic E-state index is 12.5. The van der Waals surface area contributed by atoms with Gasteiger partial charge >= 0.3 is 0 Å². The topological polar surface area (TPSA) is 58.1 Å². The van der Waals surface area contributed by atoms with Crippen molar-refractivity contribution in [3.05, 3.63) is 11.4 Å². The van der Waals surface area contributed by atoms with E-state index >= 15 is 0 Å². The summed E-state index contributed by atoms with van der Waals surface area (Å²) in [5.74, 6) is 0.648. The summed E-state index contributed by atoms with van der Waals surface area (Å²) in [6.07, 6.45) is 3.68. The highest BCUT2D eigenvalue weighted by atomic mass is 32.1. The van der Waals surface area contributed by atoms with Gasteiger partial charge in [-0.05, 0) is 32.2 Å². The summed E-state index contributed by atoms with van der Waals surface area (Å²) in [7, 11) is 0. The van der Waals surface area contributed by atoms with Crippen LogP contribution in [-0.2, 0) is 0 Å². The summed E-state index contributed by atoms with van der Waals surface area (Å²) in [6, 6.07) is 0.452. The molecule has 2 atom stereocenters. The molecule has 3 heterocycles. The van der Waals surface area contributed by atoms with Gasteiger partial charge in [-0.25, -0.2) is 0 Å². The van der Waals surface area contributed by atoms with Crippen molar-refractivity contribution >= 4 is 17.6 Å². The predicted octanol–water partition coefficient (Wildman–Crippen LogP) is 1.06. The molecule has 0 aliphatic carbocycles. The minimum atomic E-state index is 0.0573. The number of aromatic nitrogens is 2. The molecular formula is C12H18N4OS. The van der Waals surface area contributed by atoms with Crippen LogP contribution in [0.3, 0.4) is 0 Å². The highest BCUT2D eigenvalue weighted by molar-refractivity contribution is 6.99. The first-order valence-corrected chi connectivity index (χ1v) is 7.29. The van der Waals surface area contributed by atoms with Gasteiger partial charge in [-0.2, -0.15) is 8.75 Å². The molecule has 0 unspecified atom stereocenters. The van der Waals surface area contributed by atoms with Crippen LogP contribution in [0.15, 0.2) is 0 Å². The van der Waals surface area contributed by atoms with Crippen molar-refractivity contribution < 1.29 is 4.79 Å². The molecule has 2 bridgehead atoms. The van der Waals surface area contributed by atoms with Crippen molar-refractivity contribution in [1.29, 1.82) is 0 Å². The Hall–Kier alpha value is -1.01. The minimum absolute atomic E-state index is 0.0573. The molecule has 0 aromatic carbocycles. The van der Waals surface area contributed by atoms with Crippen LogP contribution in [-0.4, -0.2) is 45.2 Å². The minimum Gasteiger partial charge on any atom is -0.335 e. The molecule has 1 amide bonds. The highest BCUT2D eigenvalue weighted by Crippen LogP contribution is 2.22. The summed E-state index contributed by atoms with van der Waals surface area (Å²) in [5.41, 5.74) is 1.30. The van der Waals surface area contributed by atoms with Crippen LogP contribution in [0, 0.1) is 12.8 Å². The second kappa shape index (κ2) is 4.93. The lowest BCUT2D eigenvalue weighted by atomic mass is 9.99. The Kier molecular flexibility index (Phi) is 3.30. The number of aryl methyl sites for hydroxylation is 1. The van der Waals surface area contributed by atoms with Gasteiger partial charge in [-0.3, -0.25) is 4.79 Å². The largest absolute Gasteiger partial charge is 0.335 e. The van der Waals surface area contributed by atoms with E-state index in [1.807, 2.05) is 11.8 Å². The van der Waals surface area contributed by atoms with Crippen LogP contribution in [0.4, 0.5) is 0 Å². The molecule has 1 aromatic rings. The Morgan fingerprint density at radius 1 is 1.39 bits per heavy atom. The van der Waals surface area contributed by atoms with Crippen LogP contribution in [0.25, 0.3) is 0 Å². The highest BCUT2D eigenvalue weighted by Gasteiger charge is 2.31. The Morgan fingerprint density at radius 2 is 2.28 bits per heavy atom. The molecule has 2 saturated heterocycles. The zero-order valence-electron chi connectivity index (χ0n) is 10.6. The Morgan fingerprint density at radius 3 is 3.06 bits per heavy atom. The summed E-state index contributed by atoms with van der Waals surface area (Å²) in [5, 5.41) is 3.56. The molecule has 98 valence electrons. The fourth-order valence-corrected chi connectivity index (χ4v) is 3.44. The molecule has 2 fully saturated rings. The van der Waals surface area contributed by atoms with Gasteiger partial charge in [0.1, 0.15) is 0 Å². The first-order chi connectivity index (χ1) is 8.74. The van der Waals surface area contributed by atoms with Crippen LogP contribution >= 0.6 is 11.7 Å². The molecule has 2 aliphatic rings. The average Bonchev–Trinajstić information content (AvgIpc) is 2.55. The smallest absolute Gasteiger partial charge is 0.275 e. The van der Waals surface area contributed by atoms with Gasteiger partial charge < -0.3 is 10.2 Å². The van der Waals surface area contributed by atoms with Crippen molar-refractivity contribution in [3.8, 4) is 0 Å². The van der Waals surface area contributed by atoms with E-state index in [1.165, 1.54) is 19.3 Å². The third-order valence-corrected chi connectivity index (χ3v) is 4.54. The van der Waals surface area contributed by atoms with Crippen LogP contribution in [0.2, 0.25) is 0 Å². The molecule has 18 heavy (non-hydrogen) atoms. The standard InChI is InChI=1S/C12H18N4OS/c1-8-11(15-18-14-8)12(17)16-6-9-3-2-4-10(7-16)13-5-9/h9-10,13H,2-7H2,1H3/t9-,10-/m0/s1. The van der Waals surface area contributed by atoms with E-state index in [2.05, 4.69) is 14.1 Å². The van der Waals surface area contributed by atoms with Crippen molar-refractivity contribution in [2.75, 3.05) is 19.6 Å². The average molecular weight is 266 g/mol. The number of fused-ring (bicyclic) bond motifs is 3. The zero-order valence-corrected chi connectivity index (χ0v) is 11.4. The molecule has 0 saturated carbocycles. The normalized spacial score (nSPS) is 27.9. The van der Waals surface area contributed by atoms with Crippen molar-refractivity contribution in [2.24, 2.45) is 5.92 Å². The number of hydrogen-bond acceptors (Lipinski definition) is 5. The van der Waals surface area contributed by atoms with E-state index in [4.69, 9.17) is 0 Å². The summed E-state index contributed by atoms with van der Waals surface area (Å²) < 4.78 is 8.23. The van der Waals surface area contributed by atoms with Crippen LogP contribution in [0.5, 0.6) is 0 Å². The molecule has 1 N–H and O–H groups in total. The first-order valence-electron chi connectivity index (χ1n) is 6.56. The summed E-state index contributed by atoms with van der Waals surface area (Å²) >= 11 is 1.12. The van der Waals surface area contributed by atoms with E-state index in [1.54, 1.807) is 0 Å². The number of nitrogens with zero attached hydrogens (tertiary/aromatic N) is 3. The Bertz CT molecular complexity index is 433. The van der Waals surface area contributed by atoms with Gasteiger partial charge in [0.15, 0.2) is 5.69 Å². The maximum Gasteiger partial charge on any atom is 0.275 e. The van der Waals surface area contributed by atoms with Gasteiger partial charge in [0.2, 0.25) is 0 Å². The van der Waals surface area contributed by atoms with Gasteiger partial charge in [0, 0.05) is 19.1 Å². The SMILES string of the molecule is Cc1nsnc1C(=O)N1C[C@H]2CCC[C@@H](C1)NC2. The lowest BCUT2D eigenvalue weighted by Crippen LogP contribution is -2.41. The van der Waals surface area contributed by atoms with Crippen molar-refractivity contribution in [3.63, 3.8) is 0 Å². The molecule has 0 spiro atoms. The lowest BCUT2D eigenvalue weighted by Gasteiger charge is -2.27. The zero-order chi connectivity index (χ0) is 12.5. The molecule has 3 rings (SSSR count). The van der Waals surface area contributed by atoms with E-state index in [0.29, 0.717) is 17.7 Å². The first kappa shape index (κ1) is 12.0. The maximum atomic E-state index is 12.5. The van der Waals surface area contributed by atoms with Gasteiger partial charge in [0.25, 0.3) is 5.91 Å². The monoisotopic (exact) mass is 266 g/mol. The van der Waals surface area contributed by atoms with Crippen LogP contribution in [0.1, 0.15) is 35.4 Å². The number of nitrogens with one attached hydrogen (secondary N) is 1. The molecular weight excluding hydrogens is 248 g/mol. The second-order valence-electron chi connectivity index (χ2n) is 5.31. The van der Waals surface area contributed by atoms with Gasteiger partial charge in [0.05, 0.1) is 17.4 Å². The Labute approximate surface area is 111 Å². The van der Waals surface area contributed by atoms with E-state index < -0.39 is 0 Å². The van der Waals surface area contributed by atoms with E-state index in [0.717, 1.165) is 37.1 Å². The van der Waals surface area contributed by atoms with Gasteiger partial charge in [-0.1, -0.05) is 6.42 Å². The number of likely N-dealkylation sites (tertiary alicyclic amines) is 1. The molecule has 1 aromatic heterocycles. The third kappa shape index (κ3) is 2.27. The number of carbonyl (C=O) groups excluding carboxylic acids is 1. The van der Waals surface area contributed by atoms with Crippen molar-refractivity contribution in [1.82, 2.24) is 19.0 Å². The quantitative estimate of drug-likeness (QED) is 0.826. The summed E-state index contributed by atoms with van der Waals surface area (Å²) in [6.45, 7) is 4.57. The number of rotatable bonds is 1. The molecule has 5 nitrogen and oxygen atoms in total.